The smallest absolute Gasteiger partial charge is 0.417 e. The molecule has 4 rings (SSSR count). The number of rotatable bonds is 8. The van der Waals surface area contributed by atoms with Gasteiger partial charge in [-0.3, -0.25) is 4.79 Å². The lowest BCUT2D eigenvalue weighted by Gasteiger charge is -2.38. The minimum Gasteiger partial charge on any atom is -0.480 e. The van der Waals surface area contributed by atoms with Gasteiger partial charge in [0.1, 0.15) is 5.82 Å². The summed E-state index contributed by atoms with van der Waals surface area (Å²) < 4.78 is 45.5. The summed E-state index contributed by atoms with van der Waals surface area (Å²) in [5, 5.41) is 14.0. The van der Waals surface area contributed by atoms with Crippen LogP contribution in [0.3, 0.4) is 0 Å². The van der Waals surface area contributed by atoms with E-state index in [1.165, 1.54) is 7.11 Å². The summed E-state index contributed by atoms with van der Waals surface area (Å²) in [7, 11) is 5.13. The maximum absolute atomic E-state index is 13.9. The standard InChI is InChI=1S/C28H38F3N5O3/c1-5-10-27(38)11-8-18(9-12-27)26(37)36-17-20(15-23(36)21-7-6-13-32-24(21)35(2)3)34-22-14-19(28(29,30)31)16-33-25(22)39-4/h6-7,13-14,16,18,20,23,34,38H,5,8-12,15,17H2,1-4H3. The maximum atomic E-state index is 13.9. The van der Waals surface area contributed by atoms with Crippen molar-refractivity contribution in [3.8, 4) is 5.88 Å². The van der Waals surface area contributed by atoms with Crippen molar-refractivity contribution in [3.05, 3.63) is 41.7 Å². The van der Waals surface area contributed by atoms with E-state index in [0.29, 0.717) is 38.6 Å². The summed E-state index contributed by atoms with van der Waals surface area (Å²) in [5.74, 6) is 0.584. The van der Waals surface area contributed by atoms with Gasteiger partial charge in [0.25, 0.3) is 0 Å². The Balaban J connectivity index is 1.62. The van der Waals surface area contributed by atoms with Crippen LogP contribution in [-0.4, -0.2) is 65.3 Å². The summed E-state index contributed by atoms with van der Waals surface area (Å²) in [5.41, 5.74) is -0.578. The van der Waals surface area contributed by atoms with E-state index in [4.69, 9.17) is 4.74 Å². The van der Waals surface area contributed by atoms with Gasteiger partial charge in [-0.25, -0.2) is 9.97 Å². The highest BCUT2D eigenvalue weighted by Crippen LogP contribution is 2.42. The number of methoxy groups -OCH3 is 1. The van der Waals surface area contributed by atoms with Crippen molar-refractivity contribution < 1.29 is 27.8 Å². The number of anilines is 2. The third kappa shape index (κ3) is 6.40. The molecule has 2 aliphatic rings. The fourth-order valence-corrected chi connectivity index (χ4v) is 5.97. The maximum Gasteiger partial charge on any atom is 0.417 e. The van der Waals surface area contributed by atoms with Crippen LogP contribution < -0.4 is 15.0 Å². The molecule has 1 aliphatic carbocycles. The number of amides is 1. The van der Waals surface area contributed by atoms with Crippen molar-refractivity contribution in [2.75, 3.05) is 38.0 Å². The van der Waals surface area contributed by atoms with Gasteiger partial charge in [-0.2, -0.15) is 13.2 Å². The van der Waals surface area contributed by atoms with E-state index in [1.807, 2.05) is 43.0 Å². The molecule has 0 aromatic carbocycles. The van der Waals surface area contributed by atoms with Gasteiger partial charge in [-0.15, -0.1) is 0 Å². The molecule has 2 atom stereocenters. The van der Waals surface area contributed by atoms with E-state index in [2.05, 4.69) is 15.3 Å². The number of carbonyl (C=O) groups is 1. The normalized spacial score (nSPS) is 25.4. The molecular weight excluding hydrogens is 511 g/mol. The van der Waals surface area contributed by atoms with Crippen LogP contribution in [0.1, 0.15) is 69.0 Å². The fraction of sp³-hybridized carbons (Fsp3) is 0.607. The summed E-state index contributed by atoms with van der Waals surface area (Å²) in [4.78, 5) is 26.0. The number of ether oxygens (including phenoxy) is 1. The molecule has 1 aliphatic heterocycles. The molecule has 2 N–H and O–H groups in total. The van der Waals surface area contributed by atoms with E-state index >= 15 is 0 Å². The summed E-state index contributed by atoms with van der Waals surface area (Å²) in [6.45, 7) is 2.35. The molecule has 2 aromatic heterocycles. The summed E-state index contributed by atoms with van der Waals surface area (Å²) in [6, 6.07) is 4.12. The summed E-state index contributed by atoms with van der Waals surface area (Å²) in [6.07, 6.45) is 2.37. The van der Waals surface area contributed by atoms with Crippen molar-refractivity contribution >= 4 is 17.4 Å². The zero-order chi connectivity index (χ0) is 28.4. The van der Waals surface area contributed by atoms with Gasteiger partial charge in [-0.05, 0) is 50.7 Å². The van der Waals surface area contributed by atoms with Crippen molar-refractivity contribution in [3.63, 3.8) is 0 Å². The van der Waals surface area contributed by atoms with E-state index < -0.39 is 17.3 Å². The zero-order valence-corrected chi connectivity index (χ0v) is 23.0. The second kappa shape index (κ2) is 11.6. The van der Waals surface area contributed by atoms with E-state index in [9.17, 15) is 23.1 Å². The van der Waals surface area contributed by atoms with Crippen molar-refractivity contribution in [2.24, 2.45) is 5.92 Å². The minimum absolute atomic E-state index is 0.00513. The molecule has 39 heavy (non-hydrogen) atoms. The number of halogens is 3. The molecule has 2 aromatic rings. The van der Waals surface area contributed by atoms with Crippen LogP contribution in [0.4, 0.5) is 24.7 Å². The Hall–Kier alpha value is -3.08. The molecular formula is C28H38F3N5O3. The number of aliphatic hydroxyl groups is 1. The highest BCUT2D eigenvalue weighted by Gasteiger charge is 2.43. The first-order valence-electron chi connectivity index (χ1n) is 13.5. The van der Waals surface area contributed by atoms with Gasteiger partial charge >= 0.3 is 6.18 Å². The van der Waals surface area contributed by atoms with Gasteiger partial charge < -0.3 is 25.0 Å². The topological polar surface area (TPSA) is 90.8 Å². The quantitative estimate of drug-likeness (QED) is 0.477. The molecule has 8 nitrogen and oxygen atoms in total. The Morgan fingerprint density at radius 2 is 2.00 bits per heavy atom. The number of nitrogens with one attached hydrogen (secondary N) is 1. The predicted molar refractivity (Wildman–Crippen MR) is 143 cm³/mol. The number of carbonyl (C=O) groups excluding carboxylic acids is 1. The second-order valence-electron chi connectivity index (χ2n) is 10.9. The molecule has 0 spiro atoms. The lowest BCUT2D eigenvalue weighted by Crippen LogP contribution is -2.42. The Kier molecular flexibility index (Phi) is 8.58. The van der Waals surface area contributed by atoms with Gasteiger partial charge in [0.2, 0.25) is 11.8 Å². The Morgan fingerprint density at radius 3 is 2.62 bits per heavy atom. The first-order chi connectivity index (χ1) is 18.5. The predicted octanol–water partition coefficient (Wildman–Crippen LogP) is 5.05. The number of aromatic nitrogens is 2. The van der Waals surface area contributed by atoms with Crippen LogP contribution in [0.25, 0.3) is 0 Å². The number of hydrogen-bond acceptors (Lipinski definition) is 7. The number of likely N-dealkylation sites (tertiary alicyclic amines) is 1. The lowest BCUT2D eigenvalue weighted by atomic mass is 9.76. The molecule has 1 saturated carbocycles. The van der Waals surface area contributed by atoms with Crippen LogP contribution in [0.2, 0.25) is 0 Å². The van der Waals surface area contributed by atoms with Gasteiger partial charge in [0, 0.05) is 50.6 Å². The van der Waals surface area contributed by atoms with Crippen LogP contribution in [-0.2, 0) is 11.0 Å². The third-order valence-electron chi connectivity index (χ3n) is 7.90. The Bertz CT molecular complexity index is 1150. The van der Waals surface area contributed by atoms with Crippen LogP contribution in [0.15, 0.2) is 30.6 Å². The van der Waals surface area contributed by atoms with Gasteiger partial charge in [-0.1, -0.05) is 19.4 Å². The number of alkyl halides is 3. The van der Waals surface area contributed by atoms with E-state index in [1.54, 1.807) is 6.20 Å². The molecule has 3 heterocycles. The third-order valence-corrected chi connectivity index (χ3v) is 7.90. The number of nitrogens with zero attached hydrogens (tertiary/aromatic N) is 4. The van der Waals surface area contributed by atoms with E-state index in [-0.39, 0.29) is 35.5 Å². The highest BCUT2D eigenvalue weighted by molar-refractivity contribution is 5.80. The van der Waals surface area contributed by atoms with E-state index in [0.717, 1.165) is 36.5 Å². The number of hydrogen-bond donors (Lipinski definition) is 2. The molecule has 0 radical (unpaired) electrons. The summed E-state index contributed by atoms with van der Waals surface area (Å²) >= 11 is 0. The average molecular weight is 550 g/mol. The Labute approximate surface area is 227 Å². The molecule has 0 bridgehead atoms. The van der Waals surface area contributed by atoms with Crippen LogP contribution in [0, 0.1) is 5.92 Å². The first kappa shape index (κ1) is 28.9. The Morgan fingerprint density at radius 1 is 1.28 bits per heavy atom. The molecule has 1 amide bonds. The molecule has 2 unspecified atom stereocenters. The van der Waals surface area contributed by atoms with Crippen LogP contribution >= 0.6 is 0 Å². The molecule has 1 saturated heterocycles. The first-order valence-corrected chi connectivity index (χ1v) is 13.5. The lowest BCUT2D eigenvalue weighted by molar-refractivity contribution is -0.140. The van der Waals surface area contributed by atoms with Crippen LogP contribution in [0.5, 0.6) is 5.88 Å². The largest absolute Gasteiger partial charge is 0.480 e. The highest BCUT2D eigenvalue weighted by atomic mass is 19.4. The second-order valence-corrected chi connectivity index (χ2v) is 10.9. The van der Waals surface area contributed by atoms with Crippen molar-refractivity contribution in [1.29, 1.82) is 0 Å². The van der Waals surface area contributed by atoms with Gasteiger partial charge in [0.15, 0.2) is 0 Å². The average Bonchev–Trinajstić information content (AvgIpc) is 3.31. The molecule has 11 heteroatoms. The SMILES string of the molecule is CCCC1(O)CCC(C(=O)N2CC(Nc3cc(C(F)(F)F)cnc3OC)CC2c2cccnc2N(C)C)CC1. The monoisotopic (exact) mass is 549 g/mol. The zero-order valence-electron chi connectivity index (χ0n) is 23.0. The number of pyridine rings is 2. The van der Waals surface area contributed by atoms with Crippen molar-refractivity contribution in [1.82, 2.24) is 14.9 Å². The molecule has 214 valence electrons. The minimum atomic E-state index is -4.55. The van der Waals surface area contributed by atoms with Crippen molar-refractivity contribution in [2.45, 2.75) is 75.7 Å². The van der Waals surface area contributed by atoms with Gasteiger partial charge in [0.05, 0.1) is 30.0 Å². The fourth-order valence-electron chi connectivity index (χ4n) is 5.97. The molecule has 2 fully saturated rings.